The SMILES string of the molecule is [C-]#[N+]c1sc(C=C(C(=O)O)C(=O)O)c(C(F)(F)F)c1[N+]#[C-]. The third-order valence-electron chi connectivity index (χ3n) is 2.13. The third-order valence-corrected chi connectivity index (χ3v) is 3.15. The molecule has 0 aliphatic heterocycles. The van der Waals surface area contributed by atoms with Gasteiger partial charge < -0.3 is 10.2 Å². The molecule has 0 aliphatic carbocycles. The number of alkyl halides is 3. The summed E-state index contributed by atoms with van der Waals surface area (Å²) in [5, 5.41) is 16.7. The maximum atomic E-state index is 12.9. The molecule has 0 aromatic carbocycles. The number of thiophene rings is 1. The second-order valence-corrected chi connectivity index (χ2v) is 4.42. The van der Waals surface area contributed by atoms with Crippen LogP contribution in [0.3, 0.4) is 0 Å². The molecule has 1 rings (SSSR count). The van der Waals surface area contributed by atoms with Gasteiger partial charge >= 0.3 is 18.1 Å². The smallest absolute Gasteiger partial charge is 0.407 e. The first kappa shape index (κ1) is 16.2. The highest BCUT2D eigenvalue weighted by Crippen LogP contribution is 2.50. The lowest BCUT2D eigenvalue weighted by atomic mass is 10.1. The summed E-state index contributed by atoms with van der Waals surface area (Å²) in [5.74, 6) is -3.87. The number of nitrogens with zero attached hydrogens (tertiary/aromatic N) is 2. The molecule has 6 nitrogen and oxygen atoms in total. The molecule has 108 valence electrons. The number of hydrogen-bond acceptors (Lipinski definition) is 3. The minimum Gasteiger partial charge on any atom is -0.477 e. The summed E-state index contributed by atoms with van der Waals surface area (Å²) >= 11 is 0.210. The van der Waals surface area contributed by atoms with Crippen molar-refractivity contribution < 1.29 is 33.0 Å². The molecule has 0 spiro atoms. The Morgan fingerprint density at radius 3 is 2.00 bits per heavy atom. The highest BCUT2D eigenvalue weighted by Gasteiger charge is 2.39. The van der Waals surface area contributed by atoms with Crippen LogP contribution in [0.15, 0.2) is 5.57 Å². The first-order valence-electron chi connectivity index (χ1n) is 4.80. The normalized spacial score (nSPS) is 10.3. The van der Waals surface area contributed by atoms with Crippen LogP contribution in [-0.4, -0.2) is 22.2 Å². The molecular weight excluding hydrogens is 313 g/mol. The van der Waals surface area contributed by atoms with E-state index in [0.717, 1.165) is 0 Å². The number of carbonyl (C=O) groups is 2. The molecule has 1 heterocycles. The number of hydrogen-bond donors (Lipinski definition) is 2. The Bertz CT molecular complexity index is 718. The molecule has 0 bridgehead atoms. The summed E-state index contributed by atoms with van der Waals surface area (Å²) in [7, 11) is 0. The van der Waals surface area contributed by atoms with Gasteiger partial charge in [0.1, 0.15) is 5.57 Å². The van der Waals surface area contributed by atoms with Gasteiger partial charge in [-0.25, -0.2) is 19.3 Å². The zero-order valence-electron chi connectivity index (χ0n) is 9.72. The van der Waals surface area contributed by atoms with Crippen LogP contribution in [-0.2, 0) is 15.8 Å². The molecular formula is C11H3F3N2O4S. The van der Waals surface area contributed by atoms with Crippen LogP contribution >= 0.6 is 11.3 Å². The summed E-state index contributed by atoms with van der Waals surface area (Å²) in [5.41, 5.74) is -3.77. The van der Waals surface area contributed by atoms with Crippen LogP contribution < -0.4 is 0 Å². The molecule has 2 N–H and O–H groups in total. The Kier molecular flexibility index (Phi) is 4.36. The Hall–Kier alpha value is -2.85. The van der Waals surface area contributed by atoms with Gasteiger partial charge in [-0.15, -0.1) is 0 Å². The van der Waals surface area contributed by atoms with Crippen molar-refractivity contribution in [2.24, 2.45) is 0 Å². The zero-order chi connectivity index (χ0) is 16.4. The standard InChI is InChI=1S/C11H3F3N2O4S/c1-15-7-6(11(12,13)14)5(21-8(7)16-2)3-4(9(17)18)10(19)20/h3H,(H,17,18)(H,19,20). The number of rotatable bonds is 3. The molecule has 10 heteroatoms. The van der Waals surface area contributed by atoms with Crippen LogP contribution in [0.25, 0.3) is 15.8 Å². The fourth-order valence-corrected chi connectivity index (χ4v) is 2.32. The van der Waals surface area contributed by atoms with Crippen molar-refractivity contribution in [3.05, 3.63) is 38.8 Å². The number of aliphatic carboxylic acids is 2. The number of halogens is 3. The van der Waals surface area contributed by atoms with Gasteiger partial charge in [-0.1, -0.05) is 0 Å². The van der Waals surface area contributed by atoms with Gasteiger partial charge in [-0.2, -0.15) is 24.5 Å². The van der Waals surface area contributed by atoms with Crippen molar-refractivity contribution in [3.8, 4) is 0 Å². The average molecular weight is 316 g/mol. The zero-order valence-corrected chi connectivity index (χ0v) is 10.5. The van der Waals surface area contributed by atoms with E-state index in [1.807, 2.05) is 0 Å². The van der Waals surface area contributed by atoms with E-state index in [-0.39, 0.29) is 11.3 Å². The lowest BCUT2D eigenvalue weighted by Crippen LogP contribution is -2.11. The van der Waals surface area contributed by atoms with Gasteiger partial charge in [0.15, 0.2) is 0 Å². The van der Waals surface area contributed by atoms with E-state index in [9.17, 15) is 22.8 Å². The van der Waals surface area contributed by atoms with Crippen molar-refractivity contribution >= 4 is 40.0 Å². The quantitative estimate of drug-likeness (QED) is 0.387. The van der Waals surface area contributed by atoms with Crippen molar-refractivity contribution in [3.63, 3.8) is 0 Å². The van der Waals surface area contributed by atoms with Gasteiger partial charge in [-0.3, -0.25) is 0 Å². The summed E-state index contributed by atoms with van der Waals surface area (Å²) in [6.45, 7) is 13.4. The van der Waals surface area contributed by atoms with Crippen LogP contribution in [0.4, 0.5) is 23.9 Å². The highest BCUT2D eigenvalue weighted by molar-refractivity contribution is 7.18. The van der Waals surface area contributed by atoms with E-state index in [0.29, 0.717) is 6.08 Å². The predicted octanol–water partition coefficient (Wildman–Crippen LogP) is 3.42. The van der Waals surface area contributed by atoms with Gasteiger partial charge in [0.2, 0.25) is 10.7 Å². The fraction of sp³-hybridized carbons (Fsp3) is 0.0909. The molecule has 0 saturated heterocycles. The summed E-state index contributed by atoms with van der Waals surface area (Å²) in [6.07, 6.45) is -4.73. The molecule has 1 aromatic rings. The fourth-order valence-electron chi connectivity index (χ4n) is 1.33. The predicted molar refractivity (Wildman–Crippen MR) is 65.1 cm³/mol. The lowest BCUT2D eigenvalue weighted by molar-refractivity contribution is -0.140. The summed E-state index contributed by atoms with van der Waals surface area (Å²) in [6, 6.07) is 0. The minimum atomic E-state index is -5.02. The van der Waals surface area contributed by atoms with Crippen LogP contribution in [0.5, 0.6) is 0 Å². The molecule has 0 saturated carbocycles. The number of carboxylic acid groups (broad SMARTS) is 2. The lowest BCUT2D eigenvalue weighted by Gasteiger charge is -2.07. The van der Waals surface area contributed by atoms with Crippen LogP contribution in [0, 0.1) is 13.1 Å². The highest BCUT2D eigenvalue weighted by atomic mass is 32.1. The van der Waals surface area contributed by atoms with Gasteiger partial charge in [-0.05, 0) is 6.08 Å². The van der Waals surface area contributed by atoms with E-state index < -0.39 is 44.8 Å². The second-order valence-electron chi connectivity index (χ2n) is 3.38. The molecule has 0 radical (unpaired) electrons. The Morgan fingerprint density at radius 1 is 1.14 bits per heavy atom. The number of carboxylic acids is 2. The van der Waals surface area contributed by atoms with Crippen molar-refractivity contribution in [1.82, 2.24) is 0 Å². The summed E-state index contributed by atoms with van der Waals surface area (Å²) < 4.78 is 38.8. The van der Waals surface area contributed by atoms with E-state index in [2.05, 4.69) is 9.69 Å². The van der Waals surface area contributed by atoms with Gasteiger partial charge in [0.05, 0.1) is 18.7 Å². The Labute approximate surface area is 119 Å². The molecule has 0 atom stereocenters. The Balaban J connectivity index is 3.74. The topological polar surface area (TPSA) is 83.3 Å². The van der Waals surface area contributed by atoms with Crippen molar-refractivity contribution in [1.29, 1.82) is 0 Å². The maximum absolute atomic E-state index is 12.9. The molecule has 0 amide bonds. The van der Waals surface area contributed by atoms with Gasteiger partial charge in [0, 0.05) is 4.88 Å². The van der Waals surface area contributed by atoms with E-state index >= 15 is 0 Å². The van der Waals surface area contributed by atoms with Crippen molar-refractivity contribution in [2.75, 3.05) is 0 Å². The first-order chi connectivity index (χ1) is 9.63. The van der Waals surface area contributed by atoms with E-state index in [1.54, 1.807) is 0 Å². The third kappa shape index (κ3) is 3.19. The molecule has 1 aromatic heterocycles. The first-order valence-corrected chi connectivity index (χ1v) is 5.62. The molecule has 0 aliphatic rings. The van der Waals surface area contributed by atoms with Gasteiger partial charge in [0.25, 0.3) is 0 Å². The Morgan fingerprint density at radius 2 is 1.67 bits per heavy atom. The second kappa shape index (κ2) is 5.64. The van der Waals surface area contributed by atoms with Crippen LogP contribution in [0.1, 0.15) is 10.4 Å². The average Bonchev–Trinajstić information content (AvgIpc) is 2.72. The molecule has 21 heavy (non-hydrogen) atoms. The monoisotopic (exact) mass is 316 g/mol. The van der Waals surface area contributed by atoms with Crippen LogP contribution in [0.2, 0.25) is 0 Å². The summed E-state index contributed by atoms with van der Waals surface area (Å²) in [4.78, 5) is 26.0. The largest absolute Gasteiger partial charge is 0.477 e. The molecule has 0 unspecified atom stereocenters. The van der Waals surface area contributed by atoms with E-state index in [1.165, 1.54) is 0 Å². The van der Waals surface area contributed by atoms with E-state index in [4.69, 9.17) is 23.4 Å². The van der Waals surface area contributed by atoms with Crippen molar-refractivity contribution in [2.45, 2.75) is 6.18 Å². The molecule has 0 fully saturated rings. The minimum absolute atomic E-state index is 0.210. The maximum Gasteiger partial charge on any atom is 0.407 e.